The lowest BCUT2D eigenvalue weighted by Crippen LogP contribution is -2.15. The lowest BCUT2D eigenvalue weighted by molar-refractivity contribution is 0.318. The number of hydrogen-bond donors (Lipinski definition) is 1. The Kier molecular flexibility index (Phi) is 7.71. The quantitative estimate of drug-likeness (QED) is 0.295. The van der Waals surface area contributed by atoms with Gasteiger partial charge in [0.15, 0.2) is 11.5 Å². The van der Waals surface area contributed by atoms with Crippen molar-refractivity contribution >= 4 is 22.4 Å². The maximum atomic E-state index is 6.47. The van der Waals surface area contributed by atoms with Gasteiger partial charge in [0, 0.05) is 36.2 Å². The molecule has 4 rings (SSSR count). The molecule has 0 heterocycles. The largest absolute Gasteiger partial charge is 0.493 e. The Morgan fingerprint density at radius 1 is 0.758 bits per heavy atom. The average Bonchev–Trinajstić information content (AvgIpc) is 2.86. The Labute approximate surface area is 200 Å². The molecule has 4 aromatic carbocycles. The third-order valence-corrected chi connectivity index (χ3v) is 6.01. The van der Waals surface area contributed by atoms with Crippen LogP contribution in [0.25, 0.3) is 10.8 Å². The Morgan fingerprint density at radius 2 is 1.48 bits per heavy atom. The van der Waals surface area contributed by atoms with E-state index in [4.69, 9.17) is 25.8 Å². The lowest BCUT2D eigenvalue weighted by Gasteiger charge is -2.16. The predicted molar refractivity (Wildman–Crippen MR) is 135 cm³/mol. The van der Waals surface area contributed by atoms with E-state index in [0.717, 1.165) is 23.3 Å². The topological polar surface area (TPSA) is 39.7 Å². The summed E-state index contributed by atoms with van der Waals surface area (Å²) in [6.45, 7) is 1.86. The summed E-state index contributed by atoms with van der Waals surface area (Å²) in [5, 5.41) is 6.53. The first-order valence-corrected chi connectivity index (χ1v) is 11.4. The number of hydrogen-bond acceptors (Lipinski definition) is 4. The Hall–Kier alpha value is -3.21. The molecule has 0 radical (unpaired) electrons. The molecule has 0 spiro atoms. The number of ether oxygens (including phenoxy) is 3. The van der Waals surface area contributed by atoms with E-state index in [1.54, 1.807) is 20.3 Å². The van der Waals surface area contributed by atoms with Crippen LogP contribution in [0.1, 0.15) is 16.7 Å². The molecule has 0 bridgehead atoms. The summed E-state index contributed by atoms with van der Waals surface area (Å²) in [6, 6.07) is 26.6. The van der Waals surface area contributed by atoms with E-state index in [9.17, 15) is 0 Å². The standard InChI is InChI=1S/C28H28ClNO3/c1-31-27-16-22(25(29)17-28(27)32-2)18-30-19-24-23-11-7-6-10-21(23)12-13-26(24)33-15-14-20-8-4-3-5-9-20/h3-13,16-17,30H,14-15,18-19H2,1-2H3. The van der Waals surface area contributed by atoms with E-state index >= 15 is 0 Å². The highest BCUT2D eigenvalue weighted by molar-refractivity contribution is 6.31. The summed E-state index contributed by atoms with van der Waals surface area (Å²) in [5.41, 5.74) is 3.35. The number of methoxy groups -OCH3 is 2. The second-order valence-electron chi connectivity index (χ2n) is 7.75. The van der Waals surface area contributed by atoms with Crippen molar-refractivity contribution in [2.45, 2.75) is 19.5 Å². The third kappa shape index (κ3) is 5.59. The van der Waals surface area contributed by atoms with Crippen LogP contribution in [0.15, 0.2) is 78.9 Å². The van der Waals surface area contributed by atoms with Gasteiger partial charge in [-0.05, 0) is 34.0 Å². The first-order valence-electron chi connectivity index (χ1n) is 11.0. The molecule has 0 fully saturated rings. The smallest absolute Gasteiger partial charge is 0.162 e. The molecule has 1 N–H and O–H groups in total. The zero-order valence-electron chi connectivity index (χ0n) is 18.9. The molecular formula is C28H28ClNO3. The SMILES string of the molecule is COc1cc(Cl)c(CNCc2c(OCCc3ccccc3)ccc3ccccc23)cc1OC. The van der Waals surface area contributed by atoms with Crippen LogP contribution in [0.5, 0.6) is 17.2 Å². The van der Waals surface area contributed by atoms with Crippen LogP contribution >= 0.6 is 11.6 Å². The maximum absolute atomic E-state index is 6.47. The Morgan fingerprint density at radius 3 is 2.27 bits per heavy atom. The molecule has 4 nitrogen and oxygen atoms in total. The number of halogens is 1. The molecule has 0 aromatic heterocycles. The van der Waals surface area contributed by atoms with E-state index in [0.29, 0.717) is 36.2 Å². The molecule has 0 aliphatic rings. The van der Waals surface area contributed by atoms with Crippen LogP contribution in [0.3, 0.4) is 0 Å². The second kappa shape index (κ2) is 11.1. The molecule has 0 atom stereocenters. The van der Waals surface area contributed by atoms with Gasteiger partial charge >= 0.3 is 0 Å². The van der Waals surface area contributed by atoms with Crippen molar-refractivity contribution in [3.05, 3.63) is 101 Å². The fourth-order valence-corrected chi connectivity index (χ4v) is 4.13. The van der Waals surface area contributed by atoms with Gasteiger partial charge in [-0.25, -0.2) is 0 Å². The first kappa shape index (κ1) is 23.0. The predicted octanol–water partition coefficient (Wildman–Crippen LogP) is 6.42. The summed E-state index contributed by atoms with van der Waals surface area (Å²) in [7, 11) is 3.23. The van der Waals surface area contributed by atoms with Crippen molar-refractivity contribution in [3.63, 3.8) is 0 Å². The fraction of sp³-hybridized carbons (Fsp3) is 0.214. The minimum absolute atomic E-state index is 0.589. The summed E-state index contributed by atoms with van der Waals surface area (Å²) in [4.78, 5) is 0. The minimum atomic E-state index is 0.589. The van der Waals surface area contributed by atoms with Crippen LogP contribution in [0.2, 0.25) is 5.02 Å². The van der Waals surface area contributed by atoms with Crippen molar-refractivity contribution in [1.29, 1.82) is 0 Å². The van der Waals surface area contributed by atoms with E-state index in [2.05, 4.69) is 66.0 Å². The Balaban J connectivity index is 1.50. The highest BCUT2D eigenvalue weighted by Gasteiger charge is 2.12. The van der Waals surface area contributed by atoms with Gasteiger partial charge in [-0.1, -0.05) is 72.3 Å². The summed E-state index contributed by atoms with van der Waals surface area (Å²) >= 11 is 6.47. The lowest BCUT2D eigenvalue weighted by atomic mass is 10.0. The average molecular weight is 462 g/mol. The van der Waals surface area contributed by atoms with E-state index < -0.39 is 0 Å². The maximum Gasteiger partial charge on any atom is 0.162 e. The summed E-state index contributed by atoms with van der Waals surface area (Å²) in [5.74, 6) is 2.18. The number of benzene rings is 4. The molecule has 0 amide bonds. The molecule has 170 valence electrons. The number of nitrogens with one attached hydrogen (secondary N) is 1. The van der Waals surface area contributed by atoms with Crippen LogP contribution in [-0.2, 0) is 19.5 Å². The van der Waals surface area contributed by atoms with Gasteiger partial charge < -0.3 is 19.5 Å². The van der Waals surface area contributed by atoms with E-state index in [1.807, 2.05) is 12.1 Å². The summed E-state index contributed by atoms with van der Waals surface area (Å²) in [6.07, 6.45) is 0.863. The Bertz CT molecular complexity index is 1210. The van der Waals surface area contributed by atoms with Crippen molar-refractivity contribution in [1.82, 2.24) is 5.32 Å². The van der Waals surface area contributed by atoms with Crippen LogP contribution in [0, 0.1) is 0 Å². The van der Waals surface area contributed by atoms with Crippen molar-refractivity contribution in [2.24, 2.45) is 0 Å². The molecule has 0 saturated heterocycles. The molecule has 0 unspecified atom stereocenters. The van der Waals surface area contributed by atoms with Crippen molar-refractivity contribution < 1.29 is 14.2 Å². The van der Waals surface area contributed by atoms with Gasteiger partial charge in [0.1, 0.15) is 5.75 Å². The van der Waals surface area contributed by atoms with Crippen LogP contribution in [0.4, 0.5) is 0 Å². The zero-order valence-corrected chi connectivity index (χ0v) is 19.7. The minimum Gasteiger partial charge on any atom is -0.493 e. The second-order valence-corrected chi connectivity index (χ2v) is 8.16. The molecular weight excluding hydrogens is 434 g/mol. The van der Waals surface area contributed by atoms with Gasteiger partial charge in [-0.2, -0.15) is 0 Å². The van der Waals surface area contributed by atoms with Gasteiger partial charge in [-0.15, -0.1) is 0 Å². The van der Waals surface area contributed by atoms with Gasteiger partial charge in [0.2, 0.25) is 0 Å². The van der Waals surface area contributed by atoms with Crippen molar-refractivity contribution in [3.8, 4) is 17.2 Å². The highest BCUT2D eigenvalue weighted by Crippen LogP contribution is 2.33. The molecule has 33 heavy (non-hydrogen) atoms. The summed E-state index contributed by atoms with van der Waals surface area (Å²) < 4.78 is 17.0. The molecule has 5 heteroatoms. The van der Waals surface area contributed by atoms with Gasteiger partial charge in [0.25, 0.3) is 0 Å². The van der Waals surface area contributed by atoms with Crippen LogP contribution < -0.4 is 19.5 Å². The zero-order chi connectivity index (χ0) is 23.0. The molecule has 4 aromatic rings. The first-order chi connectivity index (χ1) is 16.2. The molecule has 0 aliphatic carbocycles. The van der Waals surface area contributed by atoms with E-state index in [1.165, 1.54) is 16.3 Å². The monoisotopic (exact) mass is 461 g/mol. The normalized spacial score (nSPS) is 10.9. The fourth-order valence-electron chi connectivity index (χ4n) is 3.91. The highest BCUT2D eigenvalue weighted by atomic mass is 35.5. The van der Waals surface area contributed by atoms with Crippen LogP contribution in [-0.4, -0.2) is 20.8 Å². The number of fused-ring (bicyclic) bond motifs is 1. The van der Waals surface area contributed by atoms with E-state index in [-0.39, 0.29) is 0 Å². The third-order valence-electron chi connectivity index (χ3n) is 5.66. The molecule has 0 saturated carbocycles. The van der Waals surface area contributed by atoms with Gasteiger partial charge in [0.05, 0.1) is 20.8 Å². The van der Waals surface area contributed by atoms with Crippen molar-refractivity contribution in [2.75, 3.05) is 20.8 Å². The molecule has 0 aliphatic heterocycles. The van der Waals surface area contributed by atoms with Gasteiger partial charge in [-0.3, -0.25) is 0 Å². The number of rotatable bonds is 10.